The molecule has 2 bridgehead atoms. The van der Waals surface area contributed by atoms with Gasteiger partial charge in [-0.2, -0.15) is 0 Å². The van der Waals surface area contributed by atoms with Gasteiger partial charge in [-0.25, -0.2) is 0 Å². The molecule has 27 heavy (non-hydrogen) atoms. The summed E-state index contributed by atoms with van der Waals surface area (Å²) < 4.78 is 12.5. The van der Waals surface area contributed by atoms with E-state index in [-0.39, 0.29) is 0 Å². The van der Waals surface area contributed by atoms with E-state index in [0.717, 1.165) is 26.1 Å². The highest BCUT2D eigenvalue weighted by atomic mass is 28.3. The fraction of sp³-hybridized carbons (Fsp3) is 0.478. The maximum absolute atomic E-state index is 6.23. The smallest absolute Gasteiger partial charge is 0.118 e. The van der Waals surface area contributed by atoms with Crippen molar-refractivity contribution in [1.82, 2.24) is 0 Å². The van der Waals surface area contributed by atoms with E-state index in [0.29, 0.717) is 0 Å². The largest absolute Gasteiger partial charge is 0.494 e. The topological polar surface area (TPSA) is 18.5 Å². The molecule has 3 aliphatic rings. The molecular formula is C23H30O2Si2. The summed E-state index contributed by atoms with van der Waals surface area (Å²) in [5.74, 6) is 2.34. The van der Waals surface area contributed by atoms with E-state index >= 15 is 0 Å². The van der Waals surface area contributed by atoms with Crippen LogP contribution in [0.3, 0.4) is 0 Å². The number of hydrogen-bond acceptors (Lipinski definition) is 2. The maximum Gasteiger partial charge on any atom is 0.118 e. The van der Waals surface area contributed by atoms with Crippen LogP contribution in [0.2, 0.25) is 24.2 Å². The predicted octanol–water partition coefficient (Wildman–Crippen LogP) is 4.53. The van der Waals surface area contributed by atoms with Gasteiger partial charge in [-0.1, -0.05) is 73.4 Å². The van der Waals surface area contributed by atoms with Gasteiger partial charge in [0.15, 0.2) is 0 Å². The molecule has 1 saturated heterocycles. The van der Waals surface area contributed by atoms with Gasteiger partial charge in [-0.15, -0.1) is 0 Å². The van der Waals surface area contributed by atoms with Crippen molar-refractivity contribution in [2.75, 3.05) is 13.2 Å². The van der Waals surface area contributed by atoms with E-state index in [1.807, 2.05) is 0 Å². The van der Waals surface area contributed by atoms with Crippen LogP contribution < -0.4 is 19.8 Å². The normalized spacial score (nSPS) is 20.0. The molecule has 0 spiro atoms. The number of para-hydroxylation sites is 2. The fourth-order valence-electron chi connectivity index (χ4n) is 4.33. The summed E-state index contributed by atoms with van der Waals surface area (Å²) in [6, 6.07) is 23.3. The van der Waals surface area contributed by atoms with E-state index in [9.17, 15) is 0 Å². The van der Waals surface area contributed by atoms with Crippen molar-refractivity contribution in [3.8, 4) is 11.5 Å². The lowest BCUT2D eigenvalue weighted by Crippen LogP contribution is -2.37. The molecule has 0 unspecified atom stereocenters. The third-order valence-corrected chi connectivity index (χ3v) is 11.9. The van der Waals surface area contributed by atoms with E-state index in [1.165, 1.54) is 54.9 Å². The second-order valence-corrected chi connectivity index (χ2v) is 13.2. The van der Waals surface area contributed by atoms with Crippen molar-refractivity contribution in [3.63, 3.8) is 0 Å². The van der Waals surface area contributed by atoms with Crippen LogP contribution in [-0.2, 0) is 0 Å². The third-order valence-electron chi connectivity index (χ3n) is 5.75. The lowest BCUT2D eigenvalue weighted by Gasteiger charge is -2.26. The van der Waals surface area contributed by atoms with Crippen molar-refractivity contribution < 1.29 is 9.47 Å². The predicted molar refractivity (Wildman–Crippen MR) is 117 cm³/mol. The van der Waals surface area contributed by atoms with Gasteiger partial charge in [0.2, 0.25) is 0 Å². The molecule has 2 aromatic carbocycles. The minimum atomic E-state index is -0.497. The second-order valence-electron chi connectivity index (χ2n) is 7.66. The van der Waals surface area contributed by atoms with Crippen LogP contribution in [-0.4, -0.2) is 30.8 Å². The molecule has 3 aliphatic heterocycles. The summed E-state index contributed by atoms with van der Waals surface area (Å²) in [7, 11) is -0.993. The minimum Gasteiger partial charge on any atom is -0.494 e. The Balaban J connectivity index is 1.58. The maximum atomic E-state index is 6.23. The third kappa shape index (κ3) is 4.85. The van der Waals surface area contributed by atoms with Crippen LogP contribution in [0.25, 0.3) is 0 Å². The Hall–Kier alpha value is -1.53. The Kier molecular flexibility index (Phi) is 6.69. The van der Waals surface area contributed by atoms with Crippen molar-refractivity contribution >= 4 is 28.0 Å². The highest BCUT2D eigenvalue weighted by Gasteiger charge is 2.25. The van der Waals surface area contributed by atoms with E-state index in [1.54, 1.807) is 10.4 Å². The number of benzene rings is 2. The van der Waals surface area contributed by atoms with Gasteiger partial charge in [0, 0.05) is 0 Å². The quantitative estimate of drug-likeness (QED) is 0.611. The van der Waals surface area contributed by atoms with Crippen molar-refractivity contribution in [2.45, 2.75) is 56.3 Å². The van der Waals surface area contributed by atoms with Crippen molar-refractivity contribution in [3.05, 3.63) is 48.5 Å². The molecule has 0 aromatic heterocycles. The minimum absolute atomic E-state index is 0.497. The zero-order valence-electron chi connectivity index (χ0n) is 16.2. The molecule has 0 atom stereocenters. The van der Waals surface area contributed by atoms with Gasteiger partial charge < -0.3 is 9.47 Å². The number of rotatable bonds is 0. The Bertz CT molecular complexity index is 664. The molecule has 4 heteroatoms. The van der Waals surface area contributed by atoms with Crippen LogP contribution in [0.1, 0.15) is 32.1 Å². The van der Waals surface area contributed by atoms with Gasteiger partial charge in [0.1, 0.15) is 11.5 Å². The van der Waals surface area contributed by atoms with Gasteiger partial charge in [-0.05, 0) is 41.8 Å². The summed E-state index contributed by atoms with van der Waals surface area (Å²) in [6.45, 7) is 1.66. The Labute approximate surface area is 167 Å². The highest BCUT2D eigenvalue weighted by molar-refractivity contribution is 6.76. The zero-order valence-corrected chi connectivity index (χ0v) is 18.2. The summed E-state index contributed by atoms with van der Waals surface area (Å²) in [4.78, 5) is 0. The average Bonchev–Trinajstić information content (AvgIpc) is 2.68. The second kappa shape index (κ2) is 9.60. The van der Waals surface area contributed by atoms with Crippen LogP contribution in [0.15, 0.2) is 48.5 Å². The number of fused-ring (bicyclic) bond motifs is 10. The van der Waals surface area contributed by atoms with Crippen LogP contribution in [0.4, 0.5) is 0 Å². The monoisotopic (exact) mass is 394 g/mol. The van der Waals surface area contributed by atoms with Gasteiger partial charge in [0.25, 0.3) is 0 Å². The summed E-state index contributed by atoms with van der Waals surface area (Å²) in [5, 5.41) is 3.10. The molecule has 0 N–H and O–H groups in total. The lowest BCUT2D eigenvalue weighted by atomic mass is 10.2. The lowest BCUT2D eigenvalue weighted by molar-refractivity contribution is 0.281. The van der Waals surface area contributed by atoms with Gasteiger partial charge in [-0.3, -0.25) is 0 Å². The highest BCUT2D eigenvalue weighted by Crippen LogP contribution is 2.24. The first-order valence-corrected chi connectivity index (χ1v) is 14.4. The molecule has 0 saturated carbocycles. The van der Waals surface area contributed by atoms with E-state index < -0.39 is 17.6 Å². The van der Waals surface area contributed by atoms with Crippen LogP contribution in [0.5, 0.6) is 11.5 Å². The number of hydrogen-bond donors (Lipinski definition) is 0. The summed E-state index contributed by atoms with van der Waals surface area (Å²) in [6.07, 6.45) is 6.11. The fourth-order valence-corrected chi connectivity index (χ4v) is 10.7. The molecule has 1 fully saturated rings. The molecule has 5 rings (SSSR count). The molecule has 2 aromatic rings. The standard InChI is InChI=1S/C23H30O2Si2/c1-6-14-24-20-10-2-4-12-22(20)26-16-8-18-27(19-9-17-26)23-13-5-3-11-21(23)25-15-7-1/h2-5,10-13H,1,6-9,14-19H2. The molecule has 142 valence electrons. The van der Waals surface area contributed by atoms with Crippen LogP contribution in [0, 0.1) is 0 Å². The molecule has 2 nitrogen and oxygen atoms in total. The van der Waals surface area contributed by atoms with Crippen molar-refractivity contribution in [1.29, 1.82) is 0 Å². The van der Waals surface area contributed by atoms with Gasteiger partial charge >= 0.3 is 0 Å². The molecule has 0 aliphatic carbocycles. The first kappa shape index (κ1) is 18.8. The summed E-state index contributed by atoms with van der Waals surface area (Å²) >= 11 is 0. The number of ether oxygens (including phenoxy) is 2. The van der Waals surface area contributed by atoms with E-state index in [2.05, 4.69) is 48.5 Å². The van der Waals surface area contributed by atoms with Crippen LogP contribution >= 0.6 is 0 Å². The average molecular weight is 395 g/mol. The SMILES string of the molecule is c1ccc2c(c1)OCCCCCOc1ccccc1[Si]1CCC[Si]2CCC1. The molecule has 2 radical (unpaired) electrons. The summed E-state index contributed by atoms with van der Waals surface area (Å²) in [5.41, 5.74) is 0. The van der Waals surface area contributed by atoms with E-state index in [4.69, 9.17) is 9.47 Å². The Morgan fingerprint density at radius 3 is 1.44 bits per heavy atom. The Morgan fingerprint density at radius 1 is 0.519 bits per heavy atom. The first-order valence-electron chi connectivity index (χ1n) is 10.6. The van der Waals surface area contributed by atoms with Crippen molar-refractivity contribution in [2.24, 2.45) is 0 Å². The Morgan fingerprint density at radius 2 is 0.963 bits per heavy atom. The molecule has 3 heterocycles. The first-order chi connectivity index (χ1) is 13.4. The zero-order chi connectivity index (χ0) is 18.3. The molecule has 0 amide bonds. The molecular weight excluding hydrogens is 364 g/mol. The van der Waals surface area contributed by atoms with Gasteiger partial charge in [0.05, 0.1) is 30.8 Å².